The fourth-order valence-corrected chi connectivity index (χ4v) is 0.709. The molecule has 6 heteroatoms. The first kappa shape index (κ1) is 11.9. The van der Waals surface area contributed by atoms with Crippen LogP contribution in [0.3, 0.4) is 0 Å². The minimum atomic E-state index is -1.82. The van der Waals surface area contributed by atoms with Crippen LogP contribution in [0.5, 0.6) is 0 Å². The molecule has 0 amide bonds. The van der Waals surface area contributed by atoms with Crippen molar-refractivity contribution in [3.8, 4) is 0 Å². The molecule has 0 unspecified atom stereocenters. The van der Waals surface area contributed by atoms with Gasteiger partial charge in [0.05, 0.1) is 6.61 Å². The molecule has 1 rings (SSSR count). The predicted octanol–water partition coefficient (Wildman–Crippen LogP) is -0.502. The van der Waals surface area contributed by atoms with Gasteiger partial charge in [0.15, 0.2) is 0 Å². The Balaban J connectivity index is 0.000000226. The van der Waals surface area contributed by atoms with Gasteiger partial charge in [0.25, 0.3) is 0 Å². The Morgan fingerprint density at radius 2 is 1.77 bits per heavy atom. The van der Waals surface area contributed by atoms with Crippen molar-refractivity contribution in [3.63, 3.8) is 0 Å². The second-order valence-electron chi connectivity index (χ2n) is 2.90. The van der Waals surface area contributed by atoms with E-state index in [0.717, 1.165) is 13.2 Å². The number of ether oxygens (including phenoxy) is 1. The summed E-state index contributed by atoms with van der Waals surface area (Å²) in [5.41, 5.74) is -0.0556. The summed E-state index contributed by atoms with van der Waals surface area (Å²) in [7, 11) is 0. The highest BCUT2D eigenvalue weighted by molar-refractivity contribution is 6.27. The number of hydrogen-bond donors (Lipinski definition) is 3. The van der Waals surface area contributed by atoms with Gasteiger partial charge in [0, 0.05) is 6.54 Å². The number of carboxylic acids is 2. The highest BCUT2D eigenvalue weighted by atomic mass is 16.5. The maximum Gasteiger partial charge on any atom is 0.414 e. The Labute approximate surface area is 75.5 Å². The quantitative estimate of drug-likeness (QED) is 0.446. The summed E-state index contributed by atoms with van der Waals surface area (Å²) in [6.07, 6.45) is 0. The average Bonchev–Trinajstić information content (AvgIpc) is 2.35. The number of nitrogens with one attached hydrogen (secondary N) is 1. The van der Waals surface area contributed by atoms with Crippen LogP contribution >= 0.6 is 0 Å². The lowest BCUT2D eigenvalue weighted by Gasteiger charge is -2.15. The Hall–Kier alpha value is -1.14. The van der Waals surface area contributed by atoms with Crippen molar-refractivity contribution in [2.24, 2.45) is 0 Å². The molecule has 6 nitrogen and oxygen atoms in total. The van der Waals surface area contributed by atoms with Crippen LogP contribution in [0.25, 0.3) is 0 Å². The van der Waals surface area contributed by atoms with Crippen LogP contribution in [-0.4, -0.2) is 41.0 Å². The first-order valence-corrected chi connectivity index (χ1v) is 3.70. The molecule has 1 aliphatic heterocycles. The van der Waals surface area contributed by atoms with Gasteiger partial charge in [-0.3, -0.25) is 5.32 Å². The van der Waals surface area contributed by atoms with Crippen molar-refractivity contribution in [3.05, 3.63) is 0 Å². The molecule has 13 heavy (non-hydrogen) atoms. The molecule has 1 saturated heterocycles. The lowest BCUT2D eigenvalue weighted by atomic mass is 10.3. The maximum atomic E-state index is 9.10. The molecule has 0 aromatic heterocycles. The van der Waals surface area contributed by atoms with Crippen molar-refractivity contribution in [2.75, 3.05) is 13.2 Å². The van der Waals surface area contributed by atoms with Crippen LogP contribution in [0.15, 0.2) is 0 Å². The van der Waals surface area contributed by atoms with Crippen LogP contribution in [-0.2, 0) is 14.3 Å². The second-order valence-corrected chi connectivity index (χ2v) is 2.90. The molecule has 0 spiro atoms. The van der Waals surface area contributed by atoms with E-state index >= 15 is 0 Å². The number of aliphatic carboxylic acids is 2. The Bertz CT molecular complexity index is 181. The Morgan fingerprint density at radius 3 is 1.85 bits per heavy atom. The van der Waals surface area contributed by atoms with E-state index in [-0.39, 0.29) is 5.72 Å². The minimum Gasteiger partial charge on any atom is -0.473 e. The lowest BCUT2D eigenvalue weighted by Crippen LogP contribution is -2.33. The average molecular weight is 191 g/mol. The van der Waals surface area contributed by atoms with Crippen molar-refractivity contribution in [1.82, 2.24) is 5.32 Å². The zero-order chi connectivity index (χ0) is 10.5. The number of hydrogen-bond acceptors (Lipinski definition) is 4. The third-order valence-electron chi connectivity index (χ3n) is 1.30. The summed E-state index contributed by atoms with van der Waals surface area (Å²) in [5, 5.41) is 18.0. The molecule has 0 radical (unpaired) electrons. The van der Waals surface area contributed by atoms with Crippen LogP contribution in [0.4, 0.5) is 0 Å². The van der Waals surface area contributed by atoms with Gasteiger partial charge in [0.2, 0.25) is 0 Å². The van der Waals surface area contributed by atoms with E-state index in [4.69, 9.17) is 24.5 Å². The molecule has 0 aliphatic carbocycles. The first-order chi connectivity index (χ1) is 5.85. The molecule has 1 fully saturated rings. The van der Waals surface area contributed by atoms with Gasteiger partial charge < -0.3 is 14.9 Å². The molecular formula is C7H13NO5. The predicted molar refractivity (Wildman–Crippen MR) is 43.3 cm³/mol. The van der Waals surface area contributed by atoms with Gasteiger partial charge in [-0.1, -0.05) is 0 Å². The number of carboxylic acid groups (broad SMARTS) is 2. The normalized spacial score (nSPS) is 18.6. The first-order valence-electron chi connectivity index (χ1n) is 3.70. The van der Waals surface area contributed by atoms with Gasteiger partial charge in [0.1, 0.15) is 5.72 Å². The molecule has 0 bridgehead atoms. The topological polar surface area (TPSA) is 95.9 Å². The summed E-state index contributed by atoms with van der Waals surface area (Å²) in [6, 6.07) is 0. The molecule has 0 aromatic rings. The van der Waals surface area contributed by atoms with E-state index in [9.17, 15) is 0 Å². The highest BCUT2D eigenvalue weighted by Gasteiger charge is 2.21. The molecule has 3 N–H and O–H groups in total. The Morgan fingerprint density at radius 1 is 1.31 bits per heavy atom. The van der Waals surface area contributed by atoms with E-state index in [1.807, 2.05) is 13.8 Å². The minimum absolute atomic E-state index is 0.0556. The maximum absolute atomic E-state index is 9.10. The largest absolute Gasteiger partial charge is 0.473 e. The molecule has 76 valence electrons. The third kappa shape index (κ3) is 6.06. The van der Waals surface area contributed by atoms with Crippen molar-refractivity contribution >= 4 is 11.9 Å². The van der Waals surface area contributed by atoms with Crippen LogP contribution in [0.1, 0.15) is 13.8 Å². The zero-order valence-corrected chi connectivity index (χ0v) is 7.53. The molecular weight excluding hydrogens is 178 g/mol. The van der Waals surface area contributed by atoms with Crippen LogP contribution in [0.2, 0.25) is 0 Å². The van der Waals surface area contributed by atoms with Crippen molar-refractivity contribution in [1.29, 1.82) is 0 Å². The van der Waals surface area contributed by atoms with E-state index in [1.165, 1.54) is 0 Å². The van der Waals surface area contributed by atoms with Crippen molar-refractivity contribution < 1.29 is 24.5 Å². The monoisotopic (exact) mass is 191 g/mol. The fourth-order valence-electron chi connectivity index (χ4n) is 0.709. The van der Waals surface area contributed by atoms with Crippen molar-refractivity contribution in [2.45, 2.75) is 19.6 Å². The summed E-state index contributed by atoms with van der Waals surface area (Å²) in [6.45, 7) is 5.90. The molecule has 1 heterocycles. The Kier molecular flexibility index (Phi) is 4.36. The van der Waals surface area contributed by atoms with E-state index in [0.29, 0.717) is 0 Å². The summed E-state index contributed by atoms with van der Waals surface area (Å²) in [4.78, 5) is 18.2. The van der Waals surface area contributed by atoms with E-state index in [1.54, 1.807) is 0 Å². The van der Waals surface area contributed by atoms with Gasteiger partial charge in [-0.25, -0.2) is 9.59 Å². The standard InChI is InChI=1S/C5H11NO.C2H2O4/c1-5(2)6-3-4-7-5;3-1(4)2(5)6/h6H,3-4H2,1-2H3;(H,3,4)(H,5,6). The summed E-state index contributed by atoms with van der Waals surface area (Å²) < 4.78 is 5.23. The van der Waals surface area contributed by atoms with E-state index in [2.05, 4.69) is 5.32 Å². The van der Waals surface area contributed by atoms with Gasteiger partial charge in [-0.2, -0.15) is 0 Å². The smallest absolute Gasteiger partial charge is 0.414 e. The fraction of sp³-hybridized carbons (Fsp3) is 0.714. The highest BCUT2D eigenvalue weighted by Crippen LogP contribution is 2.07. The molecule has 0 saturated carbocycles. The van der Waals surface area contributed by atoms with Gasteiger partial charge in [-0.15, -0.1) is 0 Å². The molecule has 0 atom stereocenters. The van der Waals surface area contributed by atoms with Crippen LogP contribution < -0.4 is 5.32 Å². The number of rotatable bonds is 0. The summed E-state index contributed by atoms with van der Waals surface area (Å²) >= 11 is 0. The zero-order valence-electron chi connectivity index (χ0n) is 7.53. The van der Waals surface area contributed by atoms with Crippen LogP contribution in [0, 0.1) is 0 Å². The molecule has 1 aliphatic rings. The van der Waals surface area contributed by atoms with E-state index < -0.39 is 11.9 Å². The van der Waals surface area contributed by atoms with Gasteiger partial charge in [-0.05, 0) is 13.8 Å². The van der Waals surface area contributed by atoms with Gasteiger partial charge >= 0.3 is 11.9 Å². The summed E-state index contributed by atoms with van der Waals surface area (Å²) in [5.74, 6) is -3.65. The second kappa shape index (κ2) is 4.78. The third-order valence-corrected chi connectivity index (χ3v) is 1.30. The number of carbonyl (C=O) groups is 2. The lowest BCUT2D eigenvalue weighted by molar-refractivity contribution is -0.159. The SMILES string of the molecule is CC1(C)NCCO1.O=C(O)C(=O)O. The molecule has 0 aromatic carbocycles.